The van der Waals surface area contributed by atoms with Gasteiger partial charge in [0.05, 0.1) is 11.2 Å². The maximum Gasteiger partial charge on any atom is 0.246 e. The van der Waals surface area contributed by atoms with E-state index in [9.17, 15) is 9.90 Å². The van der Waals surface area contributed by atoms with Crippen molar-refractivity contribution < 1.29 is 14.6 Å². The minimum absolute atomic E-state index is 0.0776. The van der Waals surface area contributed by atoms with Gasteiger partial charge in [-0.15, -0.1) is 0 Å². The summed E-state index contributed by atoms with van der Waals surface area (Å²) in [6.07, 6.45) is 2.62. The Morgan fingerprint density at radius 1 is 1.50 bits per heavy atom. The lowest BCUT2D eigenvalue weighted by Gasteiger charge is -2.39. The maximum atomic E-state index is 11.4. The number of rotatable bonds is 5. The fraction of sp³-hybridized carbons (Fsp3) is 0.909. The number of aliphatic hydroxyl groups is 1. The zero-order valence-electron chi connectivity index (χ0n) is 9.71. The fourth-order valence-corrected chi connectivity index (χ4v) is 1.89. The molecule has 0 atom stereocenters. The summed E-state index contributed by atoms with van der Waals surface area (Å²) >= 11 is 0. The number of carbonyl (C=O) groups is 1. The van der Waals surface area contributed by atoms with Crippen LogP contribution in [0.2, 0.25) is 0 Å². The van der Waals surface area contributed by atoms with Gasteiger partial charge in [0.1, 0.15) is 6.61 Å². The van der Waals surface area contributed by atoms with Crippen molar-refractivity contribution in [2.75, 3.05) is 26.2 Å². The molecule has 1 aliphatic heterocycles. The molecule has 2 fully saturated rings. The van der Waals surface area contributed by atoms with Gasteiger partial charge in [0.15, 0.2) is 0 Å². The molecule has 3 N–H and O–H groups in total. The SMILES string of the molecule is CC1(OCC(=O)NCC2(O)CCC2)CNC1. The first kappa shape index (κ1) is 11.8. The Kier molecular flexibility index (Phi) is 3.19. The van der Waals surface area contributed by atoms with E-state index in [4.69, 9.17) is 4.74 Å². The van der Waals surface area contributed by atoms with E-state index in [1.54, 1.807) is 0 Å². The average molecular weight is 228 g/mol. The lowest BCUT2D eigenvalue weighted by molar-refractivity contribution is -0.137. The molecule has 1 amide bonds. The fourth-order valence-electron chi connectivity index (χ4n) is 1.89. The third kappa shape index (κ3) is 2.72. The van der Waals surface area contributed by atoms with Gasteiger partial charge in [0, 0.05) is 19.6 Å². The molecule has 0 spiro atoms. The second-order valence-corrected chi connectivity index (χ2v) is 5.20. The molecule has 0 radical (unpaired) electrons. The molecule has 0 aromatic rings. The quantitative estimate of drug-likeness (QED) is 0.587. The van der Waals surface area contributed by atoms with Crippen molar-refractivity contribution in [1.82, 2.24) is 10.6 Å². The molecule has 0 aromatic heterocycles. The lowest BCUT2D eigenvalue weighted by atomic mass is 9.80. The minimum Gasteiger partial charge on any atom is -0.388 e. The highest BCUT2D eigenvalue weighted by Gasteiger charge is 2.35. The molecule has 2 rings (SSSR count). The highest BCUT2D eigenvalue weighted by atomic mass is 16.5. The molecule has 16 heavy (non-hydrogen) atoms. The first-order valence-electron chi connectivity index (χ1n) is 5.85. The summed E-state index contributed by atoms with van der Waals surface area (Å²) in [5, 5.41) is 15.6. The predicted octanol–water partition coefficient (Wildman–Crippen LogP) is -0.604. The number of hydrogen-bond donors (Lipinski definition) is 3. The zero-order chi connectivity index (χ0) is 11.6. The van der Waals surface area contributed by atoms with E-state index in [1.165, 1.54) is 0 Å². The van der Waals surface area contributed by atoms with Gasteiger partial charge in [-0.1, -0.05) is 0 Å². The summed E-state index contributed by atoms with van der Waals surface area (Å²) in [4.78, 5) is 11.4. The van der Waals surface area contributed by atoms with Crippen LogP contribution in [0.1, 0.15) is 26.2 Å². The molecule has 92 valence electrons. The minimum atomic E-state index is -0.655. The van der Waals surface area contributed by atoms with Crippen molar-refractivity contribution >= 4 is 5.91 Å². The van der Waals surface area contributed by atoms with Crippen LogP contribution in [0.15, 0.2) is 0 Å². The molecule has 1 heterocycles. The Balaban J connectivity index is 1.61. The van der Waals surface area contributed by atoms with Crippen molar-refractivity contribution in [3.05, 3.63) is 0 Å². The molecular formula is C11H20N2O3. The van der Waals surface area contributed by atoms with Crippen LogP contribution < -0.4 is 10.6 Å². The molecule has 0 unspecified atom stereocenters. The number of hydrogen-bond acceptors (Lipinski definition) is 4. The largest absolute Gasteiger partial charge is 0.388 e. The molecule has 0 aromatic carbocycles. The molecule has 1 aliphatic carbocycles. The predicted molar refractivity (Wildman–Crippen MR) is 59.0 cm³/mol. The van der Waals surface area contributed by atoms with Gasteiger partial charge in [-0.05, 0) is 26.2 Å². The number of amides is 1. The summed E-state index contributed by atoms with van der Waals surface area (Å²) in [6, 6.07) is 0. The van der Waals surface area contributed by atoms with E-state index >= 15 is 0 Å². The highest BCUT2D eigenvalue weighted by molar-refractivity contribution is 5.77. The number of carbonyl (C=O) groups excluding carboxylic acids is 1. The Bertz CT molecular complexity index is 246. The third-order valence-electron chi connectivity index (χ3n) is 3.45. The Morgan fingerprint density at radius 2 is 2.19 bits per heavy atom. The van der Waals surface area contributed by atoms with E-state index in [2.05, 4.69) is 10.6 Å². The molecule has 0 bridgehead atoms. The number of ether oxygens (including phenoxy) is 1. The van der Waals surface area contributed by atoms with Gasteiger partial charge >= 0.3 is 0 Å². The summed E-state index contributed by atoms with van der Waals surface area (Å²) in [6.45, 7) is 4.00. The van der Waals surface area contributed by atoms with Crippen molar-refractivity contribution in [2.45, 2.75) is 37.4 Å². The molecule has 1 saturated heterocycles. The van der Waals surface area contributed by atoms with Crippen LogP contribution in [0.5, 0.6) is 0 Å². The Morgan fingerprint density at radius 3 is 2.62 bits per heavy atom. The molecule has 1 saturated carbocycles. The van der Waals surface area contributed by atoms with Gasteiger partial charge in [0.25, 0.3) is 0 Å². The average Bonchev–Trinajstić information content (AvgIpc) is 2.18. The van der Waals surface area contributed by atoms with Gasteiger partial charge in [-0.3, -0.25) is 4.79 Å². The van der Waals surface area contributed by atoms with Gasteiger partial charge in [0.2, 0.25) is 5.91 Å². The van der Waals surface area contributed by atoms with Gasteiger partial charge in [-0.2, -0.15) is 0 Å². The second-order valence-electron chi connectivity index (χ2n) is 5.20. The van der Waals surface area contributed by atoms with Crippen LogP contribution in [0, 0.1) is 0 Å². The molecule has 5 nitrogen and oxygen atoms in total. The summed E-state index contributed by atoms with van der Waals surface area (Å²) in [5.74, 6) is -0.145. The van der Waals surface area contributed by atoms with Crippen LogP contribution >= 0.6 is 0 Å². The van der Waals surface area contributed by atoms with Crippen LogP contribution in [0.25, 0.3) is 0 Å². The van der Waals surface area contributed by atoms with E-state index < -0.39 is 5.60 Å². The molecular weight excluding hydrogens is 208 g/mol. The number of nitrogens with one attached hydrogen (secondary N) is 2. The highest BCUT2D eigenvalue weighted by Crippen LogP contribution is 2.30. The van der Waals surface area contributed by atoms with Gasteiger partial charge < -0.3 is 20.5 Å². The Hall–Kier alpha value is -0.650. The maximum absolute atomic E-state index is 11.4. The zero-order valence-corrected chi connectivity index (χ0v) is 9.71. The van der Waals surface area contributed by atoms with Crippen molar-refractivity contribution in [3.63, 3.8) is 0 Å². The van der Waals surface area contributed by atoms with E-state index in [0.717, 1.165) is 32.4 Å². The van der Waals surface area contributed by atoms with Gasteiger partial charge in [-0.25, -0.2) is 0 Å². The monoisotopic (exact) mass is 228 g/mol. The van der Waals surface area contributed by atoms with E-state index in [-0.39, 0.29) is 18.1 Å². The van der Waals surface area contributed by atoms with Crippen LogP contribution in [0.4, 0.5) is 0 Å². The van der Waals surface area contributed by atoms with E-state index in [0.29, 0.717) is 6.54 Å². The summed E-state index contributed by atoms with van der Waals surface area (Å²) < 4.78 is 5.49. The molecule has 5 heteroatoms. The van der Waals surface area contributed by atoms with Crippen molar-refractivity contribution in [2.24, 2.45) is 0 Å². The standard InChI is InChI=1S/C11H20N2O3/c1-10(6-12-7-10)16-5-9(14)13-8-11(15)3-2-4-11/h12,15H,2-8H2,1H3,(H,13,14). The lowest BCUT2D eigenvalue weighted by Crippen LogP contribution is -2.60. The van der Waals surface area contributed by atoms with Crippen molar-refractivity contribution in [3.8, 4) is 0 Å². The summed E-state index contributed by atoms with van der Waals surface area (Å²) in [7, 11) is 0. The second kappa shape index (κ2) is 4.31. The van der Waals surface area contributed by atoms with Crippen molar-refractivity contribution in [1.29, 1.82) is 0 Å². The van der Waals surface area contributed by atoms with E-state index in [1.807, 2.05) is 6.92 Å². The normalized spacial score (nSPS) is 25.4. The molecule has 2 aliphatic rings. The van der Waals surface area contributed by atoms with Crippen LogP contribution in [-0.4, -0.2) is 48.5 Å². The third-order valence-corrected chi connectivity index (χ3v) is 3.45. The topological polar surface area (TPSA) is 70.6 Å². The van der Waals surface area contributed by atoms with Crippen LogP contribution in [-0.2, 0) is 9.53 Å². The smallest absolute Gasteiger partial charge is 0.246 e. The first-order valence-corrected chi connectivity index (χ1v) is 5.85. The summed E-state index contributed by atoms with van der Waals surface area (Å²) in [5.41, 5.74) is -0.845. The van der Waals surface area contributed by atoms with Crippen LogP contribution in [0.3, 0.4) is 0 Å². The Labute approximate surface area is 95.5 Å². The first-order chi connectivity index (χ1) is 7.52.